The van der Waals surface area contributed by atoms with Crippen LogP contribution in [-0.4, -0.2) is 63.0 Å². The minimum atomic E-state index is -0.179. The maximum atomic E-state index is 14.2. The predicted molar refractivity (Wildman–Crippen MR) is 419 cm³/mol. The Hall–Kier alpha value is -8.14. The molecule has 508 valence electrons. The number of nitrogens with zero attached hydrogens (tertiary/aromatic N) is 6. The third kappa shape index (κ3) is 11.0. The third-order valence-corrected chi connectivity index (χ3v) is 26.3. The van der Waals surface area contributed by atoms with Gasteiger partial charge in [0.25, 0.3) is 23.6 Å². The summed E-state index contributed by atoms with van der Waals surface area (Å²) >= 11 is 6.21. The quantitative estimate of drug-likeness (QED) is 0.0351. The van der Waals surface area contributed by atoms with Crippen molar-refractivity contribution < 1.29 is 19.2 Å². The lowest BCUT2D eigenvalue weighted by atomic mass is 9.89. The Balaban J connectivity index is 0.782. The van der Waals surface area contributed by atoms with Crippen LogP contribution >= 0.6 is 46.1 Å². The second-order valence-corrected chi connectivity index (χ2v) is 32.2. The van der Waals surface area contributed by atoms with Crippen LogP contribution in [0.2, 0.25) is 0 Å². The molecule has 0 spiro atoms. The maximum Gasteiger partial charge on any atom is 0.261 e. The predicted octanol–water partition coefficient (Wildman–Crippen LogP) is 24.7. The summed E-state index contributed by atoms with van der Waals surface area (Å²) < 4.78 is 20.7. The third-order valence-electron chi connectivity index (χ3n) is 22.8. The van der Waals surface area contributed by atoms with Crippen molar-refractivity contribution >= 4 is 124 Å². The lowest BCUT2D eigenvalue weighted by molar-refractivity contribution is 0.0572. The molecular formula is C86H86N6O4S4. The van der Waals surface area contributed by atoms with Crippen molar-refractivity contribution in [3.8, 4) is 86.3 Å². The summed E-state index contributed by atoms with van der Waals surface area (Å²) in [4.78, 5) is 64.8. The summed E-state index contributed by atoms with van der Waals surface area (Å²) in [5.41, 5.74) is 21.1. The highest BCUT2D eigenvalue weighted by Crippen LogP contribution is 2.56. The van der Waals surface area contributed by atoms with Crippen LogP contribution in [0.5, 0.6) is 0 Å². The van der Waals surface area contributed by atoms with Crippen molar-refractivity contribution in [1.29, 1.82) is 0 Å². The monoisotopic (exact) mass is 1390 g/mol. The van der Waals surface area contributed by atoms with Gasteiger partial charge in [0.15, 0.2) is 0 Å². The molecule has 12 aromatic rings. The average Bonchev–Trinajstić information content (AvgIpc) is 1.55. The number of carbonyl (C=O) groups excluding carboxylic acids is 4. The van der Waals surface area contributed by atoms with E-state index in [0.29, 0.717) is 34.1 Å². The molecule has 4 aliphatic rings. The van der Waals surface area contributed by atoms with E-state index in [2.05, 4.69) is 126 Å². The van der Waals surface area contributed by atoms with Gasteiger partial charge in [-0.05, 0) is 188 Å². The lowest BCUT2D eigenvalue weighted by Crippen LogP contribution is -2.37. The van der Waals surface area contributed by atoms with Crippen molar-refractivity contribution in [2.75, 3.05) is 0 Å². The van der Waals surface area contributed by atoms with Crippen LogP contribution in [-0.2, 0) is 12.8 Å². The molecule has 0 saturated heterocycles. The normalized spacial score (nSPS) is 14.9. The average molecular weight is 1400 g/mol. The van der Waals surface area contributed by atoms with E-state index in [1.165, 1.54) is 112 Å². The number of imide groups is 2. The van der Waals surface area contributed by atoms with Crippen LogP contribution < -0.4 is 0 Å². The first kappa shape index (κ1) is 66.4. The molecule has 16 rings (SSSR count). The zero-order chi connectivity index (χ0) is 68.8. The molecule has 8 aromatic carbocycles. The second-order valence-electron chi connectivity index (χ2n) is 29.1. The molecule has 0 bridgehead atoms. The van der Waals surface area contributed by atoms with Gasteiger partial charge in [0.1, 0.15) is 22.1 Å². The van der Waals surface area contributed by atoms with E-state index >= 15 is 0 Å². The summed E-state index contributed by atoms with van der Waals surface area (Å²) in [5.74, 6) is 0.311. The summed E-state index contributed by atoms with van der Waals surface area (Å²) in [6.07, 6.45) is 21.5. The van der Waals surface area contributed by atoms with Gasteiger partial charge in [-0.3, -0.25) is 29.0 Å². The summed E-state index contributed by atoms with van der Waals surface area (Å²) in [5, 5.41) is 6.69. The number of fused-ring (bicyclic) bond motifs is 13. The van der Waals surface area contributed by atoms with Gasteiger partial charge in [-0.25, -0.2) is 0 Å². The second kappa shape index (κ2) is 27.3. The molecule has 0 radical (unpaired) electrons. The van der Waals surface area contributed by atoms with Gasteiger partial charge in [-0.15, -0.1) is 22.7 Å². The number of hydrogen-bond acceptors (Lipinski definition) is 12. The van der Waals surface area contributed by atoms with E-state index in [4.69, 9.17) is 17.5 Å². The van der Waals surface area contributed by atoms with Crippen molar-refractivity contribution in [2.24, 2.45) is 11.8 Å². The van der Waals surface area contributed by atoms with Gasteiger partial charge in [-0.1, -0.05) is 205 Å². The fraction of sp³-hybridized carbons (Fsp3) is 0.372. The molecule has 4 amide bonds. The van der Waals surface area contributed by atoms with Gasteiger partial charge >= 0.3 is 0 Å². The molecule has 2 aliphatic heterocycles. The van der Waals surface area contributed by atoms with Crippen LogP contribution in [0.4, 0.5) is 0 Å². The molecule has 6 heterocycles. The Kier molecular flexibility index (Phi) is 18.1. The Morgan fingerprint density at radius 3 is 1.07 bits per heavy atom. The molecule has 4 unspecified atom stereocenters. The van der Waals surface area contributed by atoms with Gasteiger partial charge < -0.3 is 0 Å². The van der Waals surface area contributed by atoms with Gasteiger partial charge in [-0.2, -0.15) is 17.5 Å². The van der Waals surface area contributed by atoms with Crippen LogP contribution in [0.25, 0.3) is 141 Å². The molecule has 14 heteroatoms. The van der Waals surface area contributed by atoms with Gasteiger partial charge in [0.2, 0.25) is 0 Å². The largest absolute Gasteiger partial charge is 0.272 e. The van der Waals surface area contributed by atoms with Crippen LogP contribution in [0.1, 0.15) is 224 Å². The highest BCUT2D eigenvalue weighted by Gasteiger charge is 2.43. The summed E-state index contributed by atoms with van der Waals surface area (Å²) in [6.45, 7) is 17.7. The molecule has 4 aromatic heterocycles. The number of hydrogen-bond donors (Lipinski definition) is 0. The molecule has 0 N–H and O–H groups in total. The smallest absolute Gasteiger partial charge is 0.261 e. The zero-order valence-corrected chi connectivity index (χ0v) is 62.1. The number of thiophene rings is 2. The molecule has 10 nitrogen and oxygen atoms in total. The molecule has 2 aliphatic carbocycles. The number of aromatic nitrogens is 4. The first-order valence-corrected chi connectivity index (χ1v) is 40.3. The van der Waals surface area contributed by atoms with E-state index in [9.17, 15) is 19.2 Å². The van der Waals surface area contributed by atoms with Crippen molar-refractivity contribution in [1.82, 2.24) is 27.3 Å². The minimum Gasteiger partial charge on any atom is -0.272 e. The van der Waals surface area contributed by atoms with Crippen LogP contribution in [0.3, 0.4) is 0 Å². The lowest BCUT2D eigenvalue weighted by Gasteiger charge is -2.22. The SMILES string of the molecule is CCCCCCC(C)N1C(=O)c2cc3c(cc2C1=O)-c1ccc(-c2sc(-c4cc5c(cc(-c6cc(CC(CC)CCCC)c(-c7ccc8c9c(cccc79)-c7cc9c(cc7-8)C(=O)N(C(C)CCCCCC)C9=O)s6)c6nsnc65)c5nsnc45)cc2CC(CC)CCCC)c2cccc-3c12. The Morgan fingerprint density at radius 2 is 0.700 bits per heavy atom. The summed E-state index contributed by atoms with van der Waals surface area (Å²) in [6, 6.07) is 39.6. The fourth-order valence-electron chi connectivity index (χ4n) is 17.2. The first-order chi connectivity index (χ1) is 48.9. The van der Waals surface area contributed by atoms with Crippen molar-refractivity contribution in [2.45, 2.75) is 196 Å². The van der Waals surface area contributed by atoms with Gasteiger partial charge in [0, 0.05) is 53.5 Å². The number of amides is 4. The Bertz CT molecular complexity index is 4890. The van der Waals surface area contributed by atoms with Crippen LogP contribution in [0, 0.1) is 11.8 Å². The molecule has 4 atom stereocenters. The van der Waals surface area contributed by atoms with Crippen molar-refractivity contribution in [3.05, 3.63) is 143 Å². The number of carbonyl (C=O) groups is 4. The number of benzene rings is 8. The highest BCUT2D eigenvalue weighted by atomic mass is 32.1. The van der Waals surface area contributed by atoms with E-state index in [0.717, 1.165) is 201 Å². The fourth-order valence-corrected chi connectivity index (χ4v) is 20.9. The molecule has 0 fully saturated rings. The Morgan fingerprint density at radius 1 is 0.340 bits per heavy atom. The topological polar surface area (TPSA) is 126 Å². The highest BCUT2D eigenvalue weighted by molar-refractivity contribution is 7.19. The molecule has 100 heavy (non-hydrogen) atoms. The Labute approximate surface area is 602 Å². The van der Waals surface area contributed by atoms with E-state index < -0.39 is 0 Å². The summed E-state index contributed by atoms with van der Waals surface area (Å²) in [7, 11) is 0. The number of unbranched alkanes of at least 4 members (excludes halogenated alkanes) is 8. The molecular weight excluding hydrogens is 1310 g/mol. The molecule has 0 saturated carbocycles. The minimum absolute atomic E-state index is 0.159. The van der Waals surface area contributed by atoms with Crippen LogP contribution in [0.15, 0.2) is 109 Å². The van der Waals surface area contributed by atoms with E-state index in [1.807, 2.05) is 60.8 Å². The van der Waals surface area contributed by atoms with Gasteiger partial charge in [0.05, 0.1) is 45.7 Å². The van der Waals surface area contributed by atoms with E-state index in [1.54, 1.807) is 0 Å². The maximum absolute atomic E-state index is 14.2. The standard InChI is InChI=1S/C86H86N6O4S4/c1-9-15-19-21-25-47(7)91-83(93)67-41-61-55-31-23-29-53-59(35-33-57(75(53)55)63(61)43-69(67)85(91)95)81-51(37-49(13-5)27-17-11-3)39-73(97-81)71-45-65-66(77-79(71)89-99-87-77)46-72(80-78(65)88-100-90-80)74-40-52(38-50(14-6)28-18-12-4)82(98-74)60-36-34-58-64-44-70-68(42-62(64)56-32-24-30-54(60)76(56)58)84(94)92(86(70)96)48(8)26-22-20-16-10-2/h23-24,29-36,39-50H,9-22,25-28,37-38H2,1-8H3. The van der Waals surface area contributed by atoms with Crippen molar-refractivity contribution in [3.63, 3.8) is 0 Å². The zero-order valence-electron chi connectivity index (χ0n) is 58.8. The van der Waals surface area contributed by atoms with E-state index in [-0.39, 0.29) is 35.7 Å². The number of rotatable bonds is 28. The first-order valence-electron chi connectivity index (χ1n) is 37.2.